The first-order chi connectivity index (χ1) is 8.02. The summed E-state index contributed by atoms with van der Waals surface area (Å²) in [6.45, 7) is 7.63. The van der Waals surface area contributed by atoms with Crippen LogP contribution in [0.5, 0.6) is 0 Å². The normalized spacial score (nSPS) is 13.1. The van der Waals surface area contributed by atoms with Gasteiger partial charge in [-0.2, -0.15) is 0 Å². The molecule has 0 saturated carbocycles. The molecule has 1 atom stereocenters. The fourth-order valence-corrected chi connectivity index (χ4v) is 2.27. The van der Waals surface area contributed by atoms with Crippen molar-refractivity contribution in [2.45, 2.75) is 39.7 Å². The first-order valence-corrected chi connectivity index (χ1v) is 6.95. The summed E-state index contributed by atoms with van der Waals surface area (Å²) in [5.74, 6) is 0.766. The monoisotopic (exact) mass is 273 g/mol. The van der Waals surface area contributed by atoms with Crippen molar-refractivity contribution in [1.29, 1.82) is 0 Å². The van der Waals surface area contributed by atoms with Gasteiger partial charge in [-0.1, -0.05) is 49.2 Å². The largest absolute Gasteiger partial charge is 0.310 e. The Hall–Kier alpha value is -0.240. The number of hydrogen-bond acceptors (Lipinski definition) is 1. The minimum atomic E-state index is 0.244. The van der Waals surface area contributed by atoms with Gasteiger partial charge in [0.25, 0.3) is 0 Å². The van der Waals surface area contributed by atoms with Gasteiger partial charge in [0.1, 0.15) is 0 Å². The van der Waals surface area contributed by atoms with E-state index in [4.69, 9.17) is 23.2 Å². The van der Waals surface area contributed by atoms with Crippen molar-refractivity contribution >= 4 is 23.2 Å². The molecular weight excluding hydrogens is 253 g/mol. The molecule has 1 unspecified atom stereocenters. The van der Waals surface area contributed by atoms with Gasteiger partial charge in [0.05, 0.1) is 10.0 Å². The van der Waals surface area contributed by atoms with Crippen LogP contribution in [-0.2, 0) is 0 Å². The van der Waals surface area contributed by atoms with E-state index in [0.717, 1.165) is 18.0 Å². The third-order valence-corrected chi connectivity index (χ3v) is 3.69. The summed E-state index contributed by atoms with van der Waals surface area (Å²) in [4.78, 5) is 0. The van der Waals surface area contributed by atoms with E-state index in [1.54, 1.807) is 0 Å². The summed E-state index contributed by atoms with van der Waals surface area (Å²) in [7, 11) is 0. The molecule has 0 fully saturated rings. The van der Waals surface area contributed by atoms with E-state index in [1.807, 2.05) is 18.2 Å². The van der Waals surface area contributed by atoms with Crippen LogP contribution in [0.1, 0.15) is 45.2 Å². The Balaban J connectivity index is 2.47. The molecule has 1 N–H and O–H groups in total. The molecule has 0 aliphatic rings. The van der Waals surface area contributed by atoms with Crippen molar-refractivity contribution in [2.24, 2.45) is 5.92 Å². The molecule has 0 bridgehead atoms. The minimum absolute atomic E-state index is 0.244. The highest BCUT2D eigenvalue weighted by Gasteiger charge is 2.10. The molecule has 1 aromatic carbocycles. The van der Waals surface area contributed by atoms with Gasteiger partial charge < -0.3 is 5.32 Å². The third-order valence-electron chi connectivity index (χ3n) is 2.86. The van der Waals surface area contributed by atoms with Gasteiger partial charge in [0.15, 0.2) is 0 Å². The molecule has 0 amide bonds. The van der Waals surface area contributed by atoms with Gasteiger partial charge in [-0.15, -0.1) is 0 Å². The molecule has 96 valence electrons. The van der Waals surface area contributed by atoms with Crippen LogP contribution in [0.15, 0.2) is 18.2 Å². The van der Waals surface area contributed by atoms with E-state index in [-0.39, 0.29) is 6.04 Å². The van der Waals surface area contributed by atoms with Gasteiger partial charge >= 0.3 is 0 Å². The molecule has 1 nitrogen and oxygen atoms in total. The van der Waals surface area contributed by atoms with Crippen LogP contribution in [0, 0.1) is 5.92 Å². The maximum atomic E-state index is 6.18. The molecule has 0 saturated heterocycles. The average Bonchev–Trinajstić information content (AvgIpc) is 2.27. The second-order valence-corrected chi connectivity index (χ2v) is 5.64. The predicted octanol–water partition coefficient (Wildman–Crippen LogP) is 5.08. The summed E-state index contributed by atoms with van der Waals surface area (Å²) >= 11 is 12.2. The highest BCUT2D eigenvalue weighted by atomic mass is 35.5. The fraction of sp³-hybridized carbons (Fsp3) is 0.571. The molecule has 0 aliphatic heterocycles. The second-order valence-electron chi connectivity index (χ2n) is 4.85. The first kappa shape index (κ1) is 14.8. The van der Waals surface area contributed by atoms with Crippen molar-refractivity contribution in [3.63, 3.8) is 0 Å². The Morgan fingerprint density at radius 3 is 2.53 bits per heavy atom. The molecule has 0 spiro atoms. The average molecular weight is 274 g/mol. The number of hydrogen-bond donors (Lipinski definition) is 1. The molecule has 1 rings (SSSR count). The zero-order valence-corrected chi connectivity index (χ0v) is 12.3. The second kappa shape index (κ2) is 7.25. The molecule has 0 heterocycles. The van der Waals surface area contributed by atoms with Crippen LogP contribution >= 0.6 is 23.2 Å². The lowest BCUT2D eigenvalue weighted by atomic mass is 10.1. The van der Waals surface area contributed by atoms with Crippen molar-refractivity contribution < 1.29 is 0 Å². The molecular formula is C14H21Cl2N. The molecule has 0 aliphatic carbocycles. The Morgan fingerprint density at radius 2 is 1.88 bits per heavy atom. The molecule has 0 radical (unpaired) electrons. The summed E-state index contributed by atoms with van der Waals surface area (Å²) in [6, 6.07) is 6.02. The van der Waals surface area contributed by atoms with Crippen LogP contribution < -0.4 is 5.32 Å². The van der Waals surface area contributed by atoms with Crippen LogP contribution in [0.25, 0.3) is 0 Å². The van der Waals surface area contributed by atoms with Gasteiger partial charge in [-0.25, -0.2) is 0 Å². The lowest BCUT2D eigenvalue weighted by molar-refractivity contribution is 0.497. The van der Waals surface area contributed by atoms with Crippen molar-refractivity contribution in [3.05, 3.63) is 33.8 Å². The Bertz CT molecular complexity index is 350. The van der Waals surface area contributed by atoms with E-state index in [1.165, 1.54) is 12.8 Å². The zero-order chi connectivity index (χ0) is 12.8. The highest BCUT2D eigenvalue weighted by molar-refractivity contribution is 6.42. The number of rotatable bonds is 6. The quantitative estimate of drug-likeness (QED) is 0.713. The summed E-state index contributed by atoms with van der Waals surface area (Å²) in [6.07, 6.45) is 2.45. The van der Waals surface area contributed by atoms with Crippen molar-refractivity contribution in [3.8, 4) is 0 Å². The van der Waals surface area contributed by atoms with Crippen LogP contribution in [0.4, 0.5) is 0 Å². The van der Waals surface area contributed by atoms with Crippen LogP contribution in [0.3, 0.4) is 0 Å². The van der Waals surface area contributed by atoms with Gasteiger partial charge in [0, 0.05) is 6.04 Å². The Kier molecular flexibility index (Phi) is 6.32. The molecule has 1 aromatic rings. The Labute approximate surface area is 115 Å². The maximum absolute atomic E-state index is 6.18. The van der Waals surface area contributed by atoms with E-state index in [2.05, 4.69) is 26.1 Å². The zero-order valence-electron chi connectivity index (χ0n) is 10.8. The smallest absolute Gasteiger partial charge is 0.0639 e. The SMILES string of the molecule is CC(C)CCCNC(C)c1cccc(Cl)c1Cl. The van der Waals surface area contributed by atoms with E-state index in [9.17, 15) is 0 Å². The number of halogens is 2. The number of nitrogens with one attached hydrogen (secondary N) is 1. The van der Waals surface area contributed by atoms with Crippen LogP contribution in [-0.4, -0.2) is 6.54 Å². The topological polar surface area (TPSA) is 12.0 Å². The fourth-order valence-electron chi connectivity index (χ4n) is 1.79. The van der Waals surface area contributed by atoms with Crippen molar-refractivity contribution in [1.82, 2.24) is 5.32 Å². The summed E-state index contributed by atoms with van der Waals surface area (Å²) in [5.41, 5.74) is 1.07. The summed E-state index contributed by atoms with van der Waals surface area (Å²) in [5, 5.41) is 4.77. The van der Waals surface area contributed by atoms with E-state index < -0.39 is 0 Å². The molecule has 0 aromatic heterocycles. The third kappa shape index (κ3) is 4.87. The van der Waals surface area contributed by atoms with E-state index in [0.29, 0.717) is 10.0 Å². The van der Waals surface area contributed by atoms with Gasteiger partial charge in [0.2, 0.25) is 0 Å². The van der Waals surface area contributed by atoms with Gasteiger partial charge in [-0.05, 0) is 43.9 Å². The Morgan fingerprint density at radius 1 is 1.18 bits per heavy atom. The minimum Gasteiger partial charge on any atom is -0.310 e. The number of benzene rings is 1. The van der Waals surface area contributed by atoms with E-state index >= 15 is 0 Å². The van der Waals surface area contributed by atoms with Gasteiger partial charge in [-0.3, -0.25) is 0 Å². The molecule has 3 heteroatoms. The van der Waals surface area contributed by atoms with Crippen molar-refractivity contribution in [2.75, 3.05) is 6.54 Å². The standard InChI is InChI=1S/C14H21Cl2N/c1-10(2)6-5-9-17-11(3)12-7-4-8-13(15)14(12)16/h4,7-8,10-11,17H,5-6,9H2,1-3H3. The lowest BCUT2D eigenvalue weighted by Crippen LogP contribution is -2.20. The first-order valence-electron chi connectivity index (χ1n) is 6.19. The highest BCUT2D eigenvalue weighted by Crippen LogP contribution is 2.29. The molecule has 17 heavy (non-hydrogen) atoms. The lowest BCUT2D eigenvalue weighted by Gasteiger charge is -2.16. The maximum Gasteiger partial charge on any atom is 0.0639 e. The van der Waals surface area contributed by atoms with Crippen LogP contribution in [0.2, 0.25) is 10.0 Å². The summed E-state index contributed by atoms with van der Waals surface area (Å²) < 4.78 is 0. The predicted molar refractivity (Wildman–Crippen MR) is 77.0 cm³/mol.